The van der Waals surface area contributed by atoms with Crippen molar-refractivity contribution in [1.29, 1.82) is 0 Å². The van der Waals surface area contributed by atoms with Crippen molar-refractivity contribution < 1.29 is 4.79 Å². The normalized spacial score (nSPS) is 34.7. The average Bonchev–Trinajstić information content (AvgIpc) is 2.53. The van der Waals surface area contributed by atoms with Gasteiger partial charge < -0.3 is 11.1 Å². The lowest BCUT2D eigenvalue weighted by Gasteiger charge is -2.31. The molecular weight excluding hydrogens is 248 g/mol. The lowest BCUT2D eigenvalue weighted by molar-refractivity contribution is -0.127. The van der Waals surface area contributed by atoms with E-state index in [2.05, 4.69) is 12.2 Å². The second kappa shape index (κ2) is 8.02. The highest BCUT2D eigenvalue weighted by Gasteiger charge is 2.30. The fourth-order valence-electron chi connectivity index (χ4n) is 4.05. The van der Waals surface area contributed by atoms with Crippen LogP contribution in [-0.2, 0) is 4.79 Å². The highest BCUT2D eigenvalue weighted by molar-refractivity contribution is 5.79. The lowest BCUT2D eigenvalue weighted by Crippen LogP contribution is -2.41. The van der Waals surface area contributed by atoms with Crippen molar-refractivity contribution in [3.8, 4) is 0 Å². The zero-order valence-corrected chi connectivity index (χ0v) is 13.1. The van der Waals surface area contributed by atoms with Crippen molar-refractivity contribution in [2.75, 3.05) is 13.1 Å². The third-order valence-corrected chi connectivity index (χ3v) is 5.66. The molecule has 2 rings (SSSR count). The molecule has 0 aromatic heterocycles. The van der Waals surface area contributed by atoms with Crippen LogP contribution in [0.4, 0.5) is 0 Å². The Morgan fingerprint density at radius 2 is 1.70 bits per heavy atom. The molecule has 2 unspecified atom stereocenters. The van der Waals surface area contributed by atoms with Crippen molar-refractivity contribution in [2.45, 2.75) is 64.7 Å². The van der Waals surface area contributed by atoms with Crippen LogP contribution in [0.5, 0.6) is 0 Å². The van der Waals surface area contributed by atoms with Gasteiger partial charge in [0.1, 0.15) is 0 Å². The van der Waals surface area contributed by atoms with E-state index in [-0.39, 0.29) is 11.8 Å². The van der Waals surface area contributed by atoms with Crippen LogP contribution in [-0.4, -0.2) is 19.0 Å². The van der Waals surface area contributed by atoms with Gasteiger partial charge in [-0.2, -0.15) is 0 Å². The minimum atomic E-state index is 0.181. The molecule has 0 radical (unpaired) electrons. The third-order valence-electron chi connectivity index (χ3n) is 5.66. The van der Waals surface area contributed by atoms with E-state index in [9.17, 15) is 4.79 Å². The van der Waals surface area contributed by atoms with Crippen molar-refractivity contribution in [2.24, 2.45) is 29.4 Å². The molecule has 3 heteroatoms. The minimum Gasteiger partial charge on any atom is -0.356 e. The maximum absolute atomic E-state index is 12.4. The first-order chi connectivity index (χ1) is 9.74. The van der Waals surface area contributed by atoms with E-state index in [0.717, 1.165) is 25.3 Å². The number of hydrogen-bond acceptors (Lipinski definition) is 2. The van der Waals surface area contributed by atoms with Crippen LogP contribution in [0.1, 0.15) is 64.7 Å². The summed E-state index contributed by atoms with van der Waals surface area (Å²) in [5, 5.41) is 3.22. The van der Waals surface area contributed by atoms with Crippen LogP contribution in [0.15, 0.2) is 0 Å². The fourth-order valence-corrected chi connectivity index (χ4v) is 4.05. The molecule has 20 heavy (non-hydrogen) atoms. The second-order valence-corrected chi connectivity index (χ2v) is 6.93. The molecule has 0 saturated heterocycles. The molecule has 0 aliphatic heterocycles. The van der Waals surface area contributed by atoms with E-state index in [1.807, 2.05) is 0 Å². The average molecular weight is 280 g/mol. The number of carbonyl (C=O) groups excluding carboxylic acids is 1. The molecule has 2 aliphatic carbocycles. The maximum Gasteiger partial charge on any atom is 0.223 e. The summed E-state index contributed by atoms with van der Waals surface area (Å²) in [5.74, 6) is 2.52. The van der Waals surface area contributed by atoms with Crippen molar-refractivity contribution >= 4 is 5.91 Å². The van der Waals surface area contributed by atoms with Crippen molar-refractivity contribution in [3.05, 3.63) is 0 Å². The molecule has 0 aromatic rings. The molecule has 0 spiro atoms. The summed E-state index contributed by atoms with van der Waals surface area (Å²) in [7, 11) is 0. The summed E-state index contributed by atoms with van der Waals surface area (Å²) in [6.45, 7) is 3.85. The first-order valence-electron chi connectivity index (χ1n) is 8.72. The van der Waals surface area contributed by atoms with Crippen molar-refractivity contribution in [3.63, 3.8) is 0 Å². The second-order valence-electron chi connectivity index (χ2n) is 6.93. The molecule has 0 heterocycles. The first kappa shape index (κ1) is 15.8. The van der Waals surface area contributed by atoms with Gasteiger partial charge in [0.05, 0.1) is 0 Å². The summed E-state index contributed by atoms with van der Waals surface area (Å²) in [6.07, 6.45) is 11.2. The Morgan fingerprint density at radius 3 is 2.35 bits per heavy atom. The van der Waals surface area contributed by atoms with Gasteiger partial charge in [-0.3, -0.25) is 4.79 Å². The molecule has 3 N–H and O–H groups in total. The van der Waals surface area contributed by atoms with Gasteiger partial charge in [-0.15, -0.1) is 0 Å². The summed E-state index contributed by atoms with van der Waals surface area (Å²) < 4.78 is 0. The molecule has 0 aromatic carbocycles. The highest BCUT2D eigenvalue weighted by atomic mass is 16.1. The topological polar surface area (TPSA) is 55.1 Å². The van der Waals surface area contributed by atoms with Crippen LogP contribution in [0, 0.1) is 23.7 Å². The van der Waals surface area contributed by atoms with Gasteiger partial charge in [0.15, 0.2) is 0 Å². The summed E-state index contributed by atoms with van der Waals surface area (Å²) in [6, 6.07) is 0. The molecule has 2 atom stereocenters. The van der Waals surface area contributed by atoms with E-state index in [1.54, 1.807) is 0 Å². The van der Waals surface area contributed by atoms with E-state index in [0.29, 0.717) is 18.4 Å². The lowest BCUT2D eigenvalue weighted by atomic mass is 9.78. The molecule has 2 aliphatic rings. The number of nitrogens with two attached hydrogens (primary N) is 1. The molecule has 116 valence electrons. The van der Waals surface area contributed by atoms with Crippen molar-refractivity contribution in [1.82, 2.24) is 5.32 Å². The smallest absolute Gasteiger partial charge is 0.223 e. The molecular formula is C17H32N2O. The number of hydrogen-bond donors (Lipinski definition) is 2. The summed E-state index contributed by atoms with van der Waals surface area (Å²) in [5.41, 5.74) is 5.82. The summed E-state index contributed by atoms with van der Waals surface area (Å²) in [4.78, 5) is 12.4. The molecule has 2 saturated carbocycles. The number of rotatable bonds is 5. The highest BCUT2D eigenvalue weighted by Crippen LogP contribution is 2.31. The van der Waals surface area contributed by atoms with E-state index < -0.39 is 0 Å². The van der Waals surface area contributed by atoms with Gasteiger partial charge in [0.2, 0.25) is 5.91 Å². The van der Waals surface area contributed by atoms with E-state index >= 15 is 0 Å². The molecule has 0 bridgehead atoms. The fraction of sp³-hybridized carbons (Fsp3) is 0.941. The van der Waals surface area contributed by atoms with Gasteiger partial charge in [-0.1, -0.05) is 39.0 Å². The molecule has 3 nitrogen and oxygen atoms in total. The summed E-state index contributed by atoms with van der Waals surface area (Å²) >= 11 is 0. The largest absolute Gasteiger partial charge is 0.356 e. The van der Waals surface area contributed by atoms with Gasteiger partial charge in [-0.05, 0) is 50.0 Å². The van der Waals surface area contributed by atoms with Crippen LogP contribution >= 0.6 is 0 Å². The standard InChI is InChI=1S/C17H32N2O/c1-2-13-7-9-14(10-8-13)12-19-17(20)16-6-4-3-5-15(16)11-18/h13-16H,2-12,18H2,1H3,(H,19,20). The minimum absolute atomic E-state index is 0.181. The first-order valence-corrected chi connectivity index (χ1v) is 8.72. The third kappa shape index (κ3) is 4.21. The Kier molecular flexibility index (Phi) is 6.34. The van der Waals surface area contributed by atoms with Crippen LogP contribution < -0.4 is 11.1 Å². The quantitative estimate of drug-likeness (QED) is 0.813. The van der Waals surface area contributed by atoms with Gasteiger partial charge in [0.25, 0.3) is 0 Å². The number of nitrogens with one attached hydrogen (secondary N) is 1. The van der Waals surface area contributed by atoms with Crippen LogP contribution in [0.25, 0.3) is 0 Å². The Bertz CT molecular complexity index is 297. The van der Waals surface area contributed by atoms with Gasteiger partial charge >= 0.3 is 0 Å². The molecule has 1 amide bonds. The Labute approximate surface area is 124 Å². The van der Waals surface area contributed by atoms with Crippen LogP contribution in [0.3, 0.4) is 0 Å². The molecule has 2 fully saturated rings. The predicted octanol–water partition coefficient (Wildman–Crippen LogP) is 3.08. The zero-order chi connectivity index (χ0) is 14.4. The Morgan fingerprint density at radius 1 is 1.05 bits per heavy atom. The Hall–Kier alpha value is -0.570. The van der Waals surface area contributed by atoms with Crippen LogP contribution in [0.2, 0.25) is 0 Å². The van der Waals surface area contributed by atoms with Gasteiger partial charge in [0, 0.05) is 12.5 Å². The van der Waals surface area contributed by atoms with Gasteiger partial charge in [-0.25, -0.2) is 0 Å². The number of amides is 1. The predicted molar refractivity (Wildman–Crippen MR) is 83.3 cm³/mol. The monoisotopic (exact) mass is 280 g/mol. The zero-order valence-electron chi connectivity index (χ0n) is 13.1. The van der Waals surface area contributed by atoms with E-state index in [4.69, 9.17) is 5.73 Å². The number of carbonyl (C=O) groups is 1. The Balaban J connectivity index is 1.72. The van der Waals surface area contributed by atoms with E-state index in [1.165, 1.54) is 44.9 Å². The maximum atomic E-state index is 12.4. The SMILES string of the molecule is CCC1CCC(CNC(=O)C2CCCCC2CN)CC1.